The lowest BCUT2D eigenvalue weighted by Gasteiger charge is -2.03. The number of carbonyl (C=O) groups is 1. The molecule has 0 spiro atoms. The minimum Gasteiger partial charge on any atom is -0.348 e. The van der Waals surface area contributed by atoms with E-state index < -0.39 is 24.2 Å². The van der Waals surface area contributed by atoms with Gasteiger partial charge in [0.15, 0.2) is 5.43 Å². The van der Waals surface area contributed by atoms with E-state index in [2.05, 4.69) is 10.3 Å². The summed E-state index contributed by atoms with van der Waals surface area (Å²) in [6, 6.07) is 2.51. The largest absolute Gasteiger partial charge is 0.348 e. The van der Waals surface area contributed by atoms with E-state index in [0.29, 0.717) is 0 Å². The normalized spacial score (nSPS) is 23.2. The van der Waals surface area contributed by atoms with E-state index in [0.717, 1.165) is 0 Å². The van der Waals surface area contributed by atoms with Crippen LogP contribution < -0.4 is 10.7 Å². The third kappa shape index (κ3) is 2.26. The third-order valence-electron chi connectivity index (χ3n) is 2.53. The number of aromatic nitrogens is 1. The first-order chi connectivity index (χ1) is 7.58. The van der Waals surface area contributed by atoms with E-state index in [1.807, 2.05) is 0 Å². The van der Waals surface area contributed by atoms with Crippen LogP contribution in [0, 0.1) is 11.8 Å². The molecule has 2 atom stereocenters. The SMILES string of the molecule is O=C(Nc1cc(=O)cc[nH]1)[C@H]1C[C@@H]1C(F)F. The molecular weight excluding hydrogens is 218 g/mol. The van der Waals surface area contributed by atoms with Crippen molar-refractivity contribution in [3.05, 3.63) is 28.6 Å². The highest BCUT2D eigenvalue weighted by Crippen LogP contribution is 2.43. The number of anilines is 1. The maximum Gasteiger partial charge on any atom is 0.242 e. The van der Waals surface area contributed by atoms with Crippen LogP contribution in [0.3, 0.4) is 0 Å². The Hall–Kier alpha value is -1.72. The van der Waals surface area contributed by atoms with Gasteiger partial charge in [0.2, 0.25) is 12.3 Å². The molecular formula is C10H10F2N2O2. The van der Waals surface area contributed by atoms with Gasteiger partial charge in [0, 0.05) is 30.2 Å². The van der Waals surface area contributed by atoms with Crippen molar-refractivity contribution in [2.45, 2.75) is 12.8 Å². The Labute approximate surface area is 89.7 Å². The molecule has 2 N–H and O–H groups in total. The molecule has 1 heterocycles. The summed E-state index contributed by atoms with van der Waals surface area (Å²) in [7, 11) is 0. The second kappa shape index (κ2) is 4.03. The quantitative estimate of drug-likeness (QED) is 0.816. The average molecular weight is 228 g/mol. The molecule has 1 saturated carbocycles. The molecule has 2 rings (SSSR count). The van der Waals surface area contributed by atoms with Crippen LogP contribution in [0.1, 0.15) is 6.42 Å². The van der Waals surface area contributed by atoms with Crippen molar-refractivity contribution in [3.8, 4) is 0 Å². The molecule has 1 aliphatic rings. The first-order valence-corrected chi connectivity index (χ1v) is 4.85. The van der Waals surface area contributed by atoms with Gasteiger partial charge in [-0.2, -0.15) is 0 Å². The van der Waals surface area contributed by atoms with E-state index in [9.17, 15) is 18.4 Å². The van der Waals surface area contributed by atoms with Crippen LogP contribution in [0.4, 0.5) is 14.6 Å². The zero-order valence-electron chi connectivity index (χ0n) is 8.24. The summed E-state index contributed by atoms with van der Waals surface area (Å²) in [6.45, 7) is 0. The van der Waals surface area contributed by atoms with Gasteiger partial charge in [0.1, 0.15) is 5.82 Å². The number of hydrogen-bond donors (Lipinski definition) is 2. The number of rotatable bonds is 3. The molecule has 1 aromatic heterocycles. The number of pyridine rings is 1. The van der Waals surface area contributed by atoms with Crippen LogP contribution in [0.5, 0.6) is 0 Å². The Balaban J connectivity index is 1.96. The summed E-state index contributed by atoms with van der Waals surface area (Å²) in [4.78, 5) is 25.0. The highest BCUT2D eigenvalue weighted by Gasteiger charge is 2.48. The third-order valence-corrected chi connectivity index (χ3v) is 2.53. The molecule has 1 aromatic rings. The molecule has 1 amide bonds. The highest BCUT2D eigenvalue weighted by molar-refractivity contribution is 5.93. The predicted octanol–water partition coefficient (Wildman–Crippen LogP) is 1.21. The number of H-pyrrole nitrogens is 1. The van der Waals surface area contributed by atoms with Gasteiger partial charge in [-0.25, -0.2) is 8.78 Å². The summed E-state index contributed by atoms with van der Waals surface area (Å²) < 4.78 is 24.4. The first-order valence-electron chi connectivity index (χ1n) is 4.85. The standard InChI is InChI=1S/C10H10F2N2O2/c11-9(12)6-4-7(6)10(16)14-8-3-5(15)1-2-13-8/h1-3,6-7,9H,4H2,(H2,13,14,15,16)/t6-,7-/m0/s1. The van der Waals surface area contributed by atoms with Crippen molar-refractivity contribution < 1.29 is 13.6 Å². The minimum absolute atomic E-state index is 0.209. The zero-order chi connectivity index (χ0) is 11.7. The highest BCUT2D eigenvalue weighted by atomic mass is 19.3. The number of carbonyl (C=O) groups excluding carboxylic acids is 1. The van der Waals surface area contributed by atoms with Crippen LogP contribution in [0.2, 0.25) is 0 Å². The van der Waals surface area contributed by atoms with E-state index in [1.165, 1.54) is 18.3 Å². The van der Waals surface area contributed by atoms with Gasteiger partial charge in [-0.3, -0.25) is 9.59 Å². The molecule has 0 aliphatic heterocycles. The van der Waals surface area contributed by atoms with E-state index >= 15 is 0 Å². The molecule has 4 nitrogen and oxygen atoms in total. The monoisotopic (exact) mass is 228 g/mol. The van der Waals surface area contributed by atoms with Crippen LogP contribution in [-0.2, 0) is 4.79 Å². The fraction of sp³-hybridized carbons (Fsp3) is 0.400. The topological polar surface area (TPSA) is 62.0 Å². The van der Waals surface area contributed by atoms with Crippen molar-refractivity contribution in [2.75, 3.05) is 5.32 Å². The van der Waals surface area contributed by atoms with Crippen LogP contribution in [0.25, 0.3) is 0 Å². The van der Waals surface area contributed by atoms with Crippen molar-refractivity contribution >= 4 is 11.7 Å². The molecule has 1 aliphatic carbocycles. The number of alkyl halides is 2. The molecule has 86 valence electrons. The van der Waals surface area contributed by atoms with E-state index in [-0.39, 0.29) is 17.7 Å². The van der Waals surface area contributed by atoms with E-state index in [1.54, 1.807) is 0 Å². The van der Waals surface area contributed by atoms with Gasteiger partial charge in [-0.05, 0) is 6.42 Å². The van der Waals surface area contributed by atoms with Crippen molar-refractivity contribution in [2.24, 2.45) is 11.8 Å². The van der Waals surface area contributed by atoms with Gasteiger partial charge in [-0.1, -0.05) is 0 Å². The summed E-state index contributed by atoms with van der Waals surface area (Å²) in [5.41, 5.74) is -0.254. The summed E-state index contributed by atoms with van der Waals surface area (Å²) in [5, 5.41) is 2.40. The number of aromatic amines is 1. The number of halogens is 2. The number of amides is 1. The number of nitrogens with one attached hydrogen (secondary N) is 2. The number of hydrogen-bond acceptors (Lipinski definition) is 2. The van der Waals surface area contributed by atoms with E-state index in [4.69, 9.17) is 0 Å². The molecule has 0 bridgehead atoms. The lowest BCUT2D eigenvalue weighted by Crippen LogP contribution is -2.18. The zero-order valence-corrected chi connectivity index (χ0v) is 8.24. The molecule has 0 saturated heterocycles. The minimum atomic E-state index is -2.45. The van der Waals surface area contributed by atoms with Crippen LogP contribution >= 0.6 is 0 Å². The Morgan fingerprint density at radius 2 is 2.31 bits per heavy atom. The molecule has 0 aromatic carbocycles. The molecule has 6 heteroatoms. The van der Waals surface area contributed by atoms with Gasteiger partial charge in [0.25, 0.3) is 0 Å². The van der Waals surface area contributed by atoms with Crippen molar-refractivity contribution in [3.63, 3.8) is 0 Å². The molecule has 0 radical (unpaired) electrons. The van der Waals surface area contributed by atoms with Gasteiger partial charge >= 0.3 is 0 Å². The lowest BCUT2D eigenvalue weighted by molar-refractivity contribution is -0.118. The van der Waals surface area contributed by atoms with Gasteiger partial charge in [-0.15, -0.1) is 0 Å². The molecule has 0 unspecified atom stereocenters. The summed E-state index contributed by atoms with van der Waals surface area (Å²) in [5.74, 6) is -1.70. The smallest absolute Gasteiger partial charge is 0.242 e. The van der Waals surface area contributed by atoms with Crippen molar-refractivity contribution in [1.82, 2.24) is 4.98 Å². The summed E-state index contributed by atoms with van der Waals surface area (Å²) >= 11 is 0. The second-order valence-corrected chi connectivity index (χ2v) is 3.77. The fourth-order valence-corrected chi connectivity index (χ4v) is 1.54. The predicted molar refractivity (Wildman–Crippen MR) is 53.3 cm³/mol. The Morgan fingerprint density at radius 1 is 1.56 bits per heavy atom. The van der Waals surface area contributed by atoms with Gasteiger partial charge in [0.05, 0.1) is 0 Å². The Bertz CT molecular complexity index is 458. The fourth-order valence-electron chi connectivity index (χ4n) is 1.54. The van der Waals surface area contributed by atoms with Gasteiger partial charge < -0.3 is 10.3 Å². The van der Waals surface area contributed by atoms with Crippen LogP contribution in [-0.4, -0.2) is 17.3 Å². The molecule has 1 fully saturated rings. The van der Waals surface area contributed by atoms with Crippen LogP contribution in [0.15, 0.2) is 23.1 Å². The Morgan fingerprint density at radius 3 is 2.88 bits per heavy atom. The summed E-state index contributed by atoms with van der Waals surface area (Å²) in [6.07, 6.45) is -0.860. The maximum atomic E-state index is 12.2. The van der Waals surface area contributed by atoms with Crippen molar-refractivity contribution in [1.29, 1.82) is 0 Å². The average Bonchev–Trinajstić information content (AvgIpc) is 2.96. The Kier molecular flexibility index (Phi) is 2.72. The molecule has 16 heavy (non-hydrogen) atoms. The lowest BCUT2D eigenvalue weighted by atomic mass is 10.3. The second-order valence-electron chi connectivity index (χ2n) is 3.77. The maximum absolute atomic E-state index is 12.2. The first kappa shape index (κ1) is 10.8.